The van der Waals surface area contributed by atoms with Gasteiger partial charge in [-0.2, -0.15) is 10.2 Å². The summed E-state index contributed by atoms with van der Waals surface area (Å²) < 4.78 is 20.4. The molecule has 5 rings (SSSR count). The average Bonchev–Trinajstić information content (AvgIpc) is 3.65. The van der Waals surface area contributed by atoms with E-state index in [4.69, 9.17) is 4.74 Å². The Bertz CT molecular complexity index is 1050. The minimum Gasteiger partial charge on any atom is -0.376 e. The van der Waals surface area contributed by atoms with Crippen LogP contribution in [0.25, 0.3) is 11.3 Å². The van der Waals surface area contributed by atoms with Crippen LogP contribution in [0.4, 0.5) is 10.3 Å². The number of hydrogen-bond acceptors (Lipinski definition) is 6. The molecule has 2 atom stereocenters. The van der Waals surface area contributed by atoms with Gasteiger partial charge >= 0.3 is 0 Å². The fourth-order valence-electron chi connectivity index (χ4n) is 4.86. The van der Waals surface area contributed by atoms with Crippen LogP contribution in [0.15, 0.2) is 48.9 Å². The third-order valence-electron chi connectivity index (χ3n) is 7.02. The smallest absolute Gasteiger partial charge is 0.225 e. The number of aromatic nitrogens is 4. The Hall–Kier alpha value is -2.93. The Morgan fingerprint density at radius 1 is 1.12 bits per heavy atom. The molecule has 2 fully saturated rings. The Morgan fingerprint density at radius 3 is 2.64 bits per heavy atom. The molecule has 0 unspecified atom stereocenters. The number of halogens is 1. The summed E-state index contributed by atoms with van der Waals surface area (Å²) in [5.41, 5.74) is 3.16. The van der Waals surface area contributed by atoms with E-state index in [2.05, 4.69) is 32.0 Å². The van der Waals surface area contributed by atoms with Crippen LogP contribution in [0.5, 0.6) is 0 Å². The van der Waals surface area contributed by atoms with Crippen LogP contribution in [-0.2, 0) is 17.8 Å². The van der Waals surface area contributed by atoms with Gasteiger partial charge in [0.05, 0.1) is 18.9 Å². The Kier molecular flexibility index (Phi) is 6.58. The zero-order valence-corrected chi connectivity index (χ0v) is 19.0. The summed E-state index contributed by atoms with van der Waals surface area (Å²) in [4.78, 5) is 11.4. The van der Waals surface area contributed by atoms with Gasteiger partial charge in [0, 0.05) is 42.8 Å². The maximum Gasteiger partial charge on any atom is 0.225 e. The summed E-state index contributed by atoms with van der Waals surface area (Å²) in [6, 6.07) is 8.79. The molecule has 0 amide bonds. The second kappa shape index (κ2) is 9.91. The van der Waals surface area contributed by atoms with Gasteiger partial charge in [-0.25, -0.2) is 14.4 Å². The predicted octanol–water partition coefficient (Wildman–Crippen LogP) is 4.70. The van der Waals surface area contributed by atoms with Gasteiger partial charge < -0.3 is 9.64 Å². The lowest BCUT2D eigenvalue weighted by Gasteiger charge is -2.32. The standard InChI is InChI=1S/C26H30FN5O/c1-2-18-14-28-26(29-15-18)32-10-7-19(8-11-32)23-12-22(23)17-33-16-21-6-5-20(13-24(21)27)25-4-3-9-30-31-25/h3-6,9,13-15,19,22-23H,2,7-8,10-12,16-17H2,1H3/t22-,23+/m0/s1. The summed E-state index contributed by atoms with van der Waals surface area (Å²) in [6.45, 7) is 5.16. The molecule has 33 heavy (non-hydrogen) atoms. The zero-order valence-electron chi connectivity index (χ0n) is 19.0. The van der Waals surface area contributed by atoms with E-state index in [1.54, 1.807) is 18.3 Å². The molecule has 1 aliphatic heterocycles. The quantitative estimate of drug-likeness (QED) is 0.499. The molecule has 1 aliphatic carbocycles. The minimum atomic E-state index is -0.257. The molecule has 3 heterocycles. The van der Waals surface area contributed by atoms with Gasteiger partial charge in [0.15, 0.2) is 0 Å². The van der Waals surface area contributed by atoms with Crippen molar-refractivity contribution in [2.75, 3.05) is 24.6 Å². The highest BCUT2D eigenvalue weighted by atomic mass is 19.1. The monoisotopic (exact) mass is 447 g/mol. The van der Waals surface area contributed by atoms with Crippen molar-refractivity contribution in [3.8, 4) is 11.3 Å². The summed E-state index contributed by atoms with van der Waals surface area (Å²) in [5.74, 6) is 2.68. The number of nitrogens with zero attached hydrogens (tertiary/aromatic N) is 5. The van der Waals surface area contributed by atoms with Gasteiger partial charge in [-0.15, -0.1) is 0 Å². The summed E-state index contributed by atoms with van der Waals surface area (Å²) in [7, 11) is 0. The fraction of sp³-hybridized carbons (Fsp3) is 0.462. The lowest BCUT2D eigenvalue weighted by atomic mass is 9.91. The molecule has 1 aromatic carbocycles. The number of rotatable bonds is 8. The van der Waals surface area contributed by atoms with E-state index < -0.39 is 0 Å². The molecule has 1 saturated heterocycles. The summed E-state index contributed by atoms with van der Waals surface area (Å²) in [6.07, 6.45) is 10.0. The minimum absolute atomic E-state index is 0.257. The number of piperidine rings is 1. The molecule has 3 aromatic rings. The van der Waals surface area contributed by atoms with Gasteiger partial charge in [0.1, 0.15) is 5.82 Å². The Balaban J connectivity index is 1.06. The van der Waals surface area contributed by atoms with E-state index in [0.717, 1.165) is 42.9 Å². The molecule has 2 aromatic heterocycles. The lowest BCUT2D eigenvalue weighted by molar-refractivity contribution is 0.102. The van der Waals surface area contributed by atoms with E-state index in [9.17, 15) is 4.39 Å². The molecular weight excluding hydrogens is 417 g/mol. The second-order valence-corrected chi connectivity index (χ2v) is 9.16. The van der Waals surface area contributed by atoms with Crippen molar-refractivity contribution in [3.05, 3.63) is 65.9 Å². The number of benzene rings is 1. The van der Waals surface area contributed by atoms with Crippen LogP contribution in [0.1, 0.15) is 37.3 Å². The van der Waals surface area contributed by atoms with Crippen molar-refractivity contribution >= 4 is 5.95 Å². The topological polar surface area (TPSA) is 64.0 Å². The summed E-state index contributed by atoms with van der Waals surface area (Å²) >= 11 is 0. The number of anilines is 1. The first-order valence-electron chi connectivity index (χ1n) is 11.9. The van der Waals surface area contributed by atoms with Crippen molar-refractivity contribution in [1.82, 2.24) is 20.2 Å². The third-order valence-corrected chi connectivity index (χ3v) is 7.02. The van der Waals surface area contributed by atoms with Crippen molar-refractivity contribution in [2.45, 2.75) is 39.2 Å². The molecule has 0 bridgehead atoms. The van der Waals surface area contributed by atoms with E-state index in [1.807, 2.05) is 24.5 Å². The number of aryl methyl sites for hydroxylation is 1. The fourth-order valence-corrected chi connectivity index (χ4v) is 4.86. The zero-order chi connectivity index (χ0) is 22.6. The third kappa shape index (κ3) is 5.19. The first kappa shape index (κ1) is 21.9. The molecule has 1 saturated carbocycles. The Morgan fingerprint density at radius 2 is 1.94 bits per heavy atom. The van der Waals surface area contributed by atoms with Gasteiger partial charge in [0.2, 0.25) is 5.95 Å². The van der Waals surface area contributed by atoms with Crippen molar-refractivity contribution in [2.24, 2.45) is 17.8 Å². The highest BCUT2D eigenvalue weighted by molar-refractivity contribution is 5.58. The van der Waals surface area contributed by atoms with Crippen molar-refractivity contribution in [1.29, 1.82) is 0 Å². The molecule has 6 nitrogen and oxygen atoms in total. The summed E-state index contributed by atoms with van der Waals surface area (Å²) in [5, 5.41) is 7.89. The van der Waals surface area contributed by atoms with Crippen molar-refractivity contribution < 1.29 is 9.13 Å². The SMILES string of the molecule is CCc1cnc(N2CCC([C@H]3C[C@H]3COCc3ccc(-c4cccnn4)cc3F)CC2)nc1. The van der Waals surface area contributed by atoms with Crippen molar-refractivity contribution in [3.63, 3.8) is 0 Å². The molecular formula is C26H30FN5O. The van der Waals surface area contributed by atoms with E-state index in [0.29, 0.717) is 30.4 Å². The molecule has 0 radical (unpaired) electrons. The van der Waals surface area contributed by atoms with Crippen LogP contribution in [-0.4, -0.2) is 39.9 Å². The van der Waals surface area contributed by atoms with Gasteiger partial charge in [0.25, 0.3) is 0 Å². The number of hydrogen-bond donors (Lipinski definition) is 0. The predicted molar refractivity (Wildman–Crippen MR) is 125 cm³/mol. The van der Waals surface area contributed by atoms with E-state index >= 15 is 0 Å². The molecule has 7 heteroatoms. The molecule has 172 valence electrons. The normalized spacial score (nSPS) is 20.7. The first-order valence-corrected chi connectivity index (χ1v) is 11.9. The van der Waals surface area contributed by atoms with Gasteiger partial charge in [-0.3, -0.25) is 0 Å². The van der Waals surface area contributed by atoms with E-state index in [-0.39, 0.29) is 5.82 Å². The Labute approximate surface area is 194 Å². The van der Waals surface area contributed by atoms with Crippen LogP contribution in [0, 0.1) is 23.6 Å². The van der Waals surface area contributed by atoms with Crippen LogP contribution in [0.2, 0.25) is 0 Å². The maximum atomic E-state index is 14.5. The van der Waals surface area contributed by atoms with E-state index in [1.165, 1.54) is 30.9 Å². The lowest BCUT2D eigenvalue weighted by Crippen LogP contribution is -2.35. The highest BCUT2D eigenvalue weighted by Crippen LogP contribution is 2.48. The largest absolute Gasteiger partial charge is 0.376 e. The highest BCUT2D eigenvalue weighted by Gasteiger charge is 2.43. The first-order chi connectivity index (χ1) is 16.2. The average molecular weight is 448 g/mol. The van der Waals surface area contributed by atoms with Gasteiger partial charge in [-0.1, -0.05) is 19.1 Å². The van der Waals surface area contributed by atoms with Crippen LogP contribution < -0.4 is 4.90 Å². The second-order valence-electron chi connectivity index (χ2n) is 9.16. The number of ether oxygens (including phenoxy) is 1. The maximum absolute atomic E-state index is 14.5. The van der Waals surface area contributed by atoms with Gasteiger partial charge in [-0.05, 0) is 67.2 Å². The molecule has 2 aliphatic rings. The molecule has 0 spiro atoms. The van der Waals surface area contributed by atoms with Crippen LogP contribution >= 0.6 is 0 Å². The molecule has 0 N–H and O–H groups in total. The van der Waals surface area contributed by atoms with Crippen LogP contribution in [0.3, 0.4) is 0 Å².